The van der Waals surface area contributed by atoms with Crippen molar-refractivity contribution >= 4 is 23.3 Å². The minimum Gasteiger partial charge on any atom is -0.352 e. The number of halogens is 1. The van der Waals surface area contributed by atoms with Crippen LogP contribution >= 0.6 is 11.3 Å². The van der Waals surface area contributed by atoms with Gasteiger partial charge in [-0.15, -0.1) is 11.3 Å². The summed E-state index contributed by atoms with van der Waals surface area (Å²) in [6.45, 7) is 2.16. The van der Waals surface area contributed by atoms with Gasteiger partial charge in [0.15, 0.2) is 0 Å². The lowest BCUT2D eigenvalue weighted by molar-refractivity contribution is -0.121. The average Bonchev–Trinajstić information content (AvgIpc) is 2.90. The van der Waals surface area contributed by atoms with Gasteiger partial charge in [-0.25, -0.2) is 14.2 Å². The molecule has 0 radical (unpaired) electrons. The zero-order chi connectivity index (χ0) is 16.8. The molecule has 2 aromatic rings. The van der Waals surface area contributed by atoms with Gasteiger partial charge in [-0.1, -0.05) is 18.2 Å². The molecular formula is C15H17FN4O2S. The van der Waals surface area contributed by atoms with Gasteiger partial charge >= 0.3 is 6.03 Å². The Morgan fingerprint density at radius 3 is 2.74 bits per heavy atom. The second kappa shape index (κ2) is 7.68. The van der Waals surface area contributed by atoms with Gasteiger partial charge in [0.2, 0.25) is 5.91 Å². The van der Waals surface area contributed by atoms with Crippen LogP contribution in [0.25, 0.3) is 0 Å². The van der Waals surface area contributed by atoms with E-state index in [4.69, 9.17) is 5.73 Å². The molecule has 0 aliphatic carbocycles. The molecule has 0 fully saturated rings. The third-order valence-corrected chi connectivity index (χ3v) is 4.06. The van der Waals surface area contributed by atoms with Gasteiger partial charge in [-0.05, 0) is 13.0 Å². The lowest BCUT2D eigenvalue weighted by Gasteiger charge is -2.18. The minimum atomic E-state index is -0.827. The van der Waals surface area contributed by atoms with Crippen molar-refractivity contribution in [2.24, 2.45) is 5.73 Å². The molecule has 1 aromatic heterocycles. The molecule has 2 rings (SSSR count). The van der Waals surface area contributed by atoms with Crippen LogP contribution < -0.4 is 16.4 Å². The maximum Gasteiger partial charge on any atom is 0.312 e. The number of nitrogens with two attached hydrogens (primary N) is 1. The van der Waals surface area contributed by atoms with E-state index in [-0.39, 0.29) is 24.4 Å². The number of urea groups is 1. The van der Waals surface area contributed by atoms with E-state index in [2.05, 4.69) is 15.6 Å². The highest BCUT2D eigenvalue weighted by Gasteiger charge is 2.20. The summed E-state index contributed by atoms with van der Waals surface area (Å²) in [4.78, 5) is 27.4. The Labute approximate surface area is 136 Å². The zero-order valence-electron chi connectivity index (χ0n) is 12.5. The van der Waals surface area contributed by atoms with Crippen LogP contribution in [0.5, 0.6) is 0 Å². The fourth-order valence-electron chi connectivity index (χ4n) is 2.08. The van der Waals surface area contributed by atoms with E-state index in [0.29, 0.717) is 0 Å². The number of benzene rings is 1. The summed E-state index contributed by atoms with van der Waals surface area (Å²) >= 11 is 1.44. The Bertz CT molecular complexity index is 704. The van der Waals surface area contributed by atoms with E-state index in [0.717, 1.165) is 10.7 Å². The predicted molar refractivity (Wildman–Crippen MR) is 85.2 cm³/mol. The van der Waals surface area contributed by atoms with Crippen LogP contribution in [-0.4, -0.2) is 16.9 Å². The van der Waals surface area contributed by atoms with Gasteiger partial charge < -0.3 is 16.4 Å². The Morgan fingerprint density at radius 2 is 2.13 bits per heavy atom. The van der Waals surface area contributed by atoms with Crippen LogP contribution in [0.1, 0.15) is 28.7 Å². The second-order valence-corrected chi connectivity index (χ2v) is 5.89. The molecule has 0 unspecified atom stereocenters. The third-order valence-electron chi connectivity index (χ3n) is 3.09. The number of thiazole rings is 1. The second-order valence-electron chi connectivity index (χ2n) is 4.95. The summed E-state index contributed by atoms with van der Waals surface area (Å²) < 4.78 is 13.9. The smallest absolute Gasteiger partial charge is 0.312 e. The van der Waals surface area contributed by atoms with Crippen molar-refractivity contribution in [1.29, 1.82) is 0 Å². The van der Waals surface area contributed by atoms with Gasteiger partial charge in [0, 0.05) is 16.6 Å². The molecule has 23 heavy (non-hydrogen) atoms. The van der Waals surface area contributed by atoms with Crippen LogP contribution in [0.2, 0.25) is 0 Å². The van der Waals surface area contributed by atoms with Crippen LogP contribution in [-0.2, 0) is 11.3 Å². The fourth-order valence-corrected chi connectivity index (χ4v) is 2.80. The number of hydrogen-bond donors (Lipinski definition) is 3. The predicted octanol–water partition coefficient (Wildman–Crippen LogP) is 2.01. The van der Waals surface area contributed by atoms with E-state index < -0.39 is 17.9 Å². The lowest BCUT2D eigenvalue weighted by atomic mass is 10.0. The molecule has 0 spiro atoms. The number of carbonyl (C=O) groups is 2. The number of nitrogens with one attached hydrogen (secondary N) is 2. The number of carbonyl (C=O) groups excluding carboxylic acids is 2. The van der Waals surface area contributed by atoms with E-state index in [9.17, 15) is 14.0 Å². The molecule has 4 N–H and O–H groups in total. The maximum absolute atomic E-state index is 13.9. The van der Waals surface area contributed by atoms with Gasteiger partial charge in [0.1, 0.15) is 10.8 Å². The zero-order valence-corrected chi connectivity index (χ0v) is 13.3. The first-order valence-electron chi connectivity index (χ1n) is 6.94. The van der Waals surface area contributed by atoms with Gasteiger partial charge in [0.25, 0.3) is 0 Å². The van der Waals surface area contributed by atoms with Gasteiger partial charge in [-0.2, -0.15) is 0 Å². The number of hydrogen-bond acceptors (Lipinski definition) is 4. The monoisotopic (exact) mass is 336 g/mol. The average molecular weight is 336 g/mol. The van der Waals surface area contributed by atoms with Crippen molar-refractivity contribution in [2.45, 2.75) is 25.9 Å². The van der Waals surface area contributed by atoms with Crippen molar-refractivity contribution in [3.8, 4) is 0 Å². The summed E-state index contributed by atoms with van der Waals surface area (Å²) in [6.07, 6.45) is -0.117. The molecule has 122 valence electrons. The molecular weight excluding hydrogens is 319 g/mol. The molecule has 0 saturated heterocycles. The van der Waals surface area contributed by atoms with Gasteiger partial charge in [-0.3, -0.25) is 4.79 Å². The number of amides is 3. The summed E-state index contributed by atoms with van der Waals surface area (Å²) in [6, 6.07) is 4.29. The molecule has 0 bridgehead atoms. The Morgan fingerprint density at radius 1 is 1.39 bits per heavy atom. The molecule has 0 saturated carbocycles. The number of nitrogens with zero attached hydrogens (tertiary/aromatic N) is 1. The first kappa shape index (κ1) is 16.9. The summed E-state index contributed by atoms with van der Waals surface area (Å²) in [7, 11) is 0. The minimum absolute atomic E-state index is 0.117. The summed E-state index contributed by atoms with van der Waals surface area (Å²) in [5.41, 5.74) is 6.21. The normalized spacial score (nSPS) is 11.7. The van der Waals surface area contributed by atoms with Crippen molar-refractivity contribution in [1.82, 2.24) is 15.6 Å². The van der Waals surface area contributed by atoms with Gasteiger partial charge in [0.05, 0.1) is 19.0 Å². The molecule has 1 atom stereocenters. The highest BCUT2D eigenvalue weighted by molar-refractivity contribution is 7.09. The largest absolute Gasteiger partial charge is 0.352 e. The number of primary amides is 1. The standard InChI is InChI=1S/C15H17FN4O2S/c1-9-8-23-14(19-9)7-18-13(21)6-12(20-15(17)22)10-4-2-3-5-11(10)16/h2-5,8,12H,6-7H2,1H3,(H,18,21)(H3,17,20,22)/t12-/m0/s1. The van der Waals surface area contributed by atoms with Crippen LogP contribution in [0, 0.1) is 12.7 Å². The maximum atomic E-state index is 13.9. The van der Waals surface area contributed by atoms with Crippen LogP contribution in [0.3, 0.4) is 0 Å². The molecule has 8 heteroatoms. The van der Waals surface area contributed by atoms with E-state index >= 15 is 0 Å². The molecule has 0 aliphatic rings. The fraction of sp³-hybridized carbons (Fsp3) is 0.267. The molecule has 0 aliphatic heterocycles. The Kier molecular flexibility index (Phi) is 5.64. The van der Waals surface area contributed by atoms with Crippen LogP contribution in [0.15, 0.2) is 29.6 Å². The lowest BCUT2D eigenvalue weighted by Crippen LogP contribution is -2.37. The number of aromatic nitrogens is 1. The first-order chi connectivity index (χ1) is 11.0. The highest BCUT2D eigenvalue weighted by Crippen LogP contribution is 2.20. The van der Waals surface area contributed by atoms with Crippen molar-refractivity contribution < 1.29 is 14.0 Å². The molecule has 6 nitrogen and oxygen atoms in total. The summed E-state index contributed by atoms with van der Waals surface area (Å²) in [5, 5.41) is 7.76. The third kappa shape index (κ3) is 5.03. The SMILES string of the molecule is Cc1csc(CNC(=O)C[C@H](NC(N)=O)c2ccccc2F)n1. The quantitative estimate of drug-likeness (QED) is 0.752. The van der Waals surface area contributed by atoms with E-state index in [1.165, 1.54) is 29.5 Å². The summed E-state index contributed by atoms with van der Waals surface area (Å²) in [5.74, 6) is -0.838. The highest BCUT2D eigenvalue weighted by atomic mass is 32.1. The first-order valence-corrected chi connectivity index (χ1v) is 7.81. The van der Waals surface area contributed by atoms with E-state index in [1.807, 2.05) is 12.3 Å². The topological polar surface area (TPSA) is 97.1 Å². The van der Waals surface area contributed by atoms with E-state index in [1.54, 1.807) is 6.07 Å². The number of aryl methyl sites for hydroxylation is 1. The molecule has 1 heterocycles. The Balaban J connectivity index is 2.01. The number of rotatable bonds is 6. The molecule has 1 aromatic carbocycles. The molecule has 3 amide bonds. The van der Waals surface area contributed by atoms with Crippen molar-refractivity contribution in [2.75, 3.05) is 0 Å². The Hall–Kier alpha value is -2.48. The van der Waals surface area contributed by atoms with Crippen molar-refractivity contribution in [3.63, 3.8) is 0 Å². The van der Waals surface area contributed by atoms with Crippen LogP contribution in [0.4, 0.5) is 9.18 Å². The van der Waals surface area contributed by atoms with Crippen molar-refractivity contribution in [3.05, 3.63) is 51.7 Å².